The van der Waals surface area contributed by atoms with Gasteiger partial charge < -0.3 is 10.3 Å². The van der Waals surface area contributed by atoms with Crippen LogP contribution in [-0.2, 0) is 16.4 Å². The normalized spacial score (nSPS) is 11.7. The van der Waals surface area contributed by atoms with Gasteiger partial charge in [-0.2, -0.15) is 4.98 Å². The number of halogens is 1. The van der Waals surface area contributed by atoms with Gasteiger partial charge in [-0.25, -0.2) is 17.5 Å². The van der Waals surface area contributed by atoms with Crippen molar-refractivity contribution in [1.29, 1.82) is 0 Å². The Morgan fingerprint density at radius 2 is 2.20 bits per heavy atom. The highest BCUT2D eigenvalue weighted by molar-refractivity contribution is 7.89. The van der Waals surface area contributed by atoms with Crippen LogP contribution in [0.25, 0.3) is 0 Å². The third-order valence-electron chi connectivity index (χ3n) is 2.45. The molecule has 0 saturated heterocycles. The number of hydrogen-bond donors (Lipinski definition) is 2. The maximum absolute atomic E-state index is 13.5. The molecule has 0 bridgehead atoms. The summed E-state index contributed by atoms with van der Waals surface area (Å²) >= 11 is 0. The second-order valence-electron chi connectivity index (χ2n) is 4.07. The number of anilines is 1. The molecular formula is C11H13FN4O3S. The van der Waals surface area contributed by atoms with Crippen LogP contribution in [-0.4, -0.2) is 25.1 Å². The van der Waals surface area contributed by atoms with E-state index in [1.807, 2.05) is 0 Å². The van der Waals surface area contributed by atoms with Crippen molar-refractivity contribution < 1.29 is 17.3 Å². The molecule has 20 heavy (non-hydrogen) atoms. The van der Waals surface area contributed by atoms with E-state index in [2.05, 4.69) is 14.9 Å². The second kappa shape index (κ2) is 5.55. The van der Waals surface area contributed by atoms with Crippen molar-refractivity contribution in [3.8, 4) is 0 Å². The van der Waals surface area contributed by atoms with Gasteiger partial charge >= 0.3 is 0 Å². The number of aryl methyl sites for hydroxylation is 1. The molecule has 0 aliphatic carbocycles. The Hall–Kier alpha value is -2.00. The Balaban J connectivity index is 2.06. The number of benzene rings is 1. The first-order valence-corrected chi connectivity index (χ1v) is 7.21. The van der Waals surface area contributed by atoms with Gasteiger partial charge in [0.05, 0.1) is 0 Å². The maximum Gasteiger partial charge on any atom is 0.243 e. The van der Waals surface area contributed by atoms with Gasteiger partial charge in [0, 0.05) is 18.7 Å². The molecule has 0 spiro atoms. The molecule has 0 saturated carbocycles. The van der Waals surface area contributed by atoms with E-state index in [9.17, 15) is 12.8 Å². The number of nitrogens with zero attached hydrogens (tertiary/aromatic N) is 2. The van der Waals surface area contributed by atoms with Crippen molar-refractivity contribution in [1.82, 2.24) is 14.9 Å². The monoisotopic (exact) mass is 300 g/mol. The van der Waals surface area contributed by atoms with Gasteiger partial charge in [0.2, 0.25) is 15.9 Å². The average molecular weight is 300 g/mol. The molecule has 9 heteroatoms. The van der Waals surface area contributed by atoms with Crippen LogP contribution >= 0.6 is 0 Å². The Kier molecular flexibility index (Phi) is 4.00. The molecule has 0 fully saturated rings. The fraction of sp³-hybridized carbons (Fsp3) is 0.273. The van der Waals surface area contributed by atoms with Crippen LogP contribution < -0.4 is 10.5 Å². The van der Waals surface area contributed by atoms with Gasteiger partial charge in [0.1, 0.15) is 10.7 Å². The van der Waals surface area contributed by atoms with E-state index in [4.69, 9.17) is 10.3 Å². The van der Waals surface area contributed by atoms with Gasteiger partial charge in [-0.05, 0) is 25.1 Å². The van der Waals surface area contributed by atoms with E-state index in [0.29, 0.717) is 11.7 Å². The molecule has 3 N–H and O–H groups in total. The summed E-state index contributed by atoms with van der Waals surface area (Å²) in [6.45, 7) is 1.66. The van der Waals surface area contributed by atoms with Crippen LogP contribution in [0.5, 0.6) is 0 Å². The van der Waals surface area contributed by atoms with E-state index in [1.165, 1.54) is 6.07 Å². The highest BCUT2D eigenvalue weighted by Gasteiger charge is 2.19. The fourth-order valence-corrected chi connectivity index (χ4v) is 2.68. The second-order valence-corrected chi connectivity index (χ2v) is 5.81. The topological polar surface area (TPSA) is 111 Å². The van der Waals surface area contributed by atoms with Crippen molar-refractivity contribution in [2.45, 2.75) is 18.2 Å². The Bertz CT molecular complexity index is 714. The molecule has 0 aliphatic heterocycles. The third-order valence-corrected chi connectivity index (χ3v) is 3.92. The van der Waals surface area contributed by atoms with Gasteiger partial charge in [0.15, 0.2) is 5.82 Å². The van der Waals surface area contributed by atoms with E-state index in [0.717, 1.165) is 12.1 Å². The molecule has 1 aromatic heterocycles. The molecule has 0 atom stereocenters. The summed E-state index contributed by atoms with van der Waals surface area (Å²) < 4.78 is 44.4. The molecule has 0 amide bonds. The summed E-state index contributed by atoms with van der Waals surface area (Å²) in [6, 6.07) is 3.36. The summed E-state index contributed by atoms with van der Waals surface area (Å²) in [5, 5.41) is 3.58. The highest BCUT2D eigenvalue weighted by Crippen LogP contribution is 2.17. The lowest BCUT2D eigenvalue weighted by Crippen LogP contribution is -2.27. The molecule has 7 nitrogen and oxygen atoms in total. The minimum absolute atomic E-state index is 0.0121. The largest absolute Gasteiger partial charge is 0.399 e. The minimum atomic E-state index is -3.97. The molecular weight excluding hydrogens is 287 g/mol. The lowest BCUT2D eigenvalue weighted by atomic mass is 10.3. The molecule has 2 aromatic rings. The van der Waals surface area contributed by atoms with Crippen LogP contribution in [0, 0.1) is 12.7 Å². The van der Waals surface area contributed by atoms with Crippen LogP contribution in [0.2, 0.25) is 0 Å². The Labute approximate surface area is 115 Å². The van der Waals surface area contributed by atoms with Crippen LogP contribution in [0.3, 0.4) is 0 Å². The molecule has 2 rings (SSSR count). The zero-order chi connectivity index (χ0) is 14.8. The standard InChI is InChI=1S/C11H13FN4O3S/c1-7-15-11(19-16-7)4-5-14-20(17,18)10-6-8(13)2-3-9(10)12/h2-3,6,14H,4-5,13H2,1H3. The quantitative estimate of drug-likeness (QED) is 0.783. The summed E-state index contributed by atoms with van der Waals surface area (Å²) in [6.07, 6.45) is 0.212. The fourth-order valence-electron chi connectivity index (χ4n) is 1.54. The number of nitrogen functional groups attached to an aromatic ring is 1. The predicted octanol–water partition coefficient (Wildman–Crippen LogP) is 0.620. The molecule has 108 valence electrons. The molecule has 0 unspecified atom stereocenters. The van der Waals surface area contributed by atoms with Crippen molar-refractivity contribution in [3.05, 3.63) is 35.7 Å². The zero-order valence-electron chi connectivity index (χ0n) is 10.6. The summed E-state index contributed by atoms with van der Waals surface area (Å²) in [5.41, 5.74) is 5.62. The van der Waals surface area contributed by atoms with Gasteiger partial charge in [0.25, 0.3) is 0 Å². The minimum Gasteiger partial charge on any atom is -0.399 e. The van der Waals surface area contributed by atoms with Crippen LogP contribution in [0.1, 0.15) is 11.7 Å². The predicted molar refractivity (Wildman–Crippen MR) is 68.7 cm³/mol. The molecule has 0 radical (unpaired) electrons. The first-order chi connectivity index (χ1) is 9.38. The highest BCUT2D eigenvalue weighted by atomic mass is 32.2. The molecule has 0 aliphatic rings. The lowest BCUT2D eigenvalue weighted by molar-refractivity contribution is 0.375. The smallest absolute Gasteiger partial charge is 0.243 e. The summed E-state index contributed by atoms with van der Waals surface area (Å²) in [5.74, 6) is -0.0942. The Morgan fingerprint density at radius 3 is 2.85 bits per heavy atom. The Morgan fingerprint density at radius 1 is 1.45 bits per heavy atom. The number of nitrogens with two attached hydrogens (primary N) is 1. The van der Waals surface area contributed by atoms with Gasteiger partial charge in [-0.3, -0.25) is 0 Å². The SMILES string of the molecule is Cc1noc(CCNS(=O)(=O)c2cc(N)ccc2F)n1. The number of rotatable bonds is 5. The number of nitrogens with one attached hydrogen (secondary N) is 1. The molecule has 1 aromatic carbocycles. The summed E-state index contributed by atoms with van der Waals surface area (Å²) in [4.78, 5) is 3.44. The van der Waals surface area contributed by atoms with Crippen molar-refractivity contribution in [2.24, 2.45) is 0 Å². The average Bonchev–Trinajstić information content (AvgIpc) is 2.78. The van der Waals surface area contributed by atoms with Crippen molar-refractivity contribution >= 4 is 15.7 Å². The van der Waals surface area contributed by atoms with E-state index < -0.39 is 20.7 Å². The first kappa shape index (κ1) is 14.4. The zero-order valence-corrected chi connectivity index (χ0v) is 11.4. The lowest BCUT2D eigenvalue weighted by Gasteiger charge is -2.07. The number of sulfonamides is 1. The van der Waals surface area contributed by atoms with E-state index in [1.54, 1.807) is 6.92 Å². The van der Waals surface area contributed by atoms with Crippen LogP contribution in [0.15, 0.2) is 27.6 Å². The van der Waals surface area contributed by atoms with E-state index >= 15 is 0 Å². The third kappa shape index (κ3) is 3.31. The maximum atomic E-state index is 13.5. The van der Waals surface area contributed by atoms with Crippen LogP contribution in [0.4, 0.5) is 10.1 Å². The molecule has 1 heterocycles. The van der Waals surface area contributed by atoms with Gasteiger partial charge in [-0.15, -0.1) is 0 Å². The number of hydrogen-bond acceptors (Lipinski definition) is 6. The first-order valence-electron chi connectivity index (χ1n) is 5.72. The number of aromatic nitrogens is 2. The van der Waals surface area contributed by atoms with Crippen molar-refractivity contribution in [2.75, 3.05) is 12.3 Å². The van der Waals surface area contributed by atoms with Crippen molar-refractivity contribution in [3.63, 3.8) is 0 Å². The summed E-state index contributed by atoms with van der Waals surface area (Å²) in [7, 11) is -3.97. The van der Waals surface area contributed by atoms with Gasteiger partial charge in [-0.1, -0.05) is 5.16 Å². The van der Waals surface area contributed by atoms with E-state index in [-0.39, 0.29) is 18.7 Å².